The second kappa shape index (κ2) is 5.92. The molecule has 1 aromatic heterocycles. The Balaban J connectivity index is 2.15. The maximum Gasteiger partial charge on any atom is 0.251 e. The van der Waals surface area contributed by atoms with Gasteiger partial charge in [0.15, 0.2) is 0 Å². The van der Waals surface area contributed by atoms with Crippen LogP contribution in [0.4, 0.5) is 11.4 Å². The maximum absolute atomic E-state index is 12.0. The molecule has 0 spiro atoms. The van der Waals surface area contributed by atoms with E-state index in [1.807, 2.05) is 0 Å². The van der Waals surface area contributed by atoms with Gasteiger partial charge < -0.3 is 15.6 Å². The third kappa shape index (κ3) is 3.27. The number of nitrogens with two attached hydrogens (primary N) is 1. The molecule has 0 aliphatic carbocycles. The van der Waals surface area contributed by atoms with Gasteiger partial charge in [0.2, 0.25) is 5.91 Å². The van der Waals surface area contributed by atoms with Crippen molar-refractivity contribution in [3.8, 4) is 0 Å². The first-order valence-corrected chi connectivity index (χ1v) is 6.78. The van der Waals surface area contributed by atoms with Crippen molar-refractivity contribution >= 4 is 33.2 Å². The van der Waals surface area contributed by atoms with Gasteiger partial charge in [-0.15, -0.1) is 0 Å². The van der Waals surface area contributed by atoms with Crippen molar-refractivity contribution < 1.29 is 4.79 Å². The Kier molecular flexibility index (Phi) is 4.24. The molecule has 0 atom stereocenters. The zero-order chi connectivity index (χ0) is 14.7. The maximum atomic E-state index is 12.0. The molecule has 0 fully saturated rings. The van der Waals surface area contributed by atoms with E-state index in [-0.39, 0.29) is 18.0 Å². The van der Waals surface area contributed by atoms with Crippen LogP contribution in [0.3, 0.4) is 0 Å². The number of hydrogen-bond donors (Lipinski definition) is 2. The van der Waals surface area contributed by atoms with Gasteiger partial charge in [-0.2, -0.15) is 0 Å². The molecule has 0 aliphatic heterocycles. The van der Waals surface area contributed by atoms with E-state index in [9.17, 15) is 9.59 Å². The predicted molar refractivity (Wildman–Crippen MR) is 82.6 cm³/mol. The topological polar surface area (TPSA) is 77.1 Å². The van der Waals surface area contributed by atoms with E-state index < -0.39 is 0 Å². The Labute approximate surface area is 124 Å². The van der Waals surface area contributed by atoms with Crippen molar-refractivity contribution in [2.75, 3.05) is 11.1 Å². The fourth-order valence-corrected chi connectivity index (χ4v) is 2.29. The number of amides is 1. The van der Waals surface area contributed by atoms with Crippen LogP contribution in [0.25, 0.3) is 0 Å². The number of rotatable bonds is 3. The molecule has 20 heavy (non-hydrogen) atoms. The summed E-state index contributed by atoms with van der Waals surface area (Å²) in [6.07, 6.45) is 0. The van der Waals surface area contributed by atoms with E-state index in [1.54, 1.807) is 37.3 Å². The molecule has 0 unspecified atom stereocenters. The molecule has 0 bridgehead atoms. The second-order valence-corrected chi connectivity index (χ2v) is 5.23. The Hall–Kier alpha value is -2.08. The number of benzene rings is 1. The molecule has 0 aliphatic rings. The predicted octanol–water partition coefficient (Wildman–Crippen LogP) is 2.14. The Morgan fingerprint density at radius 3 is 2.75 bits per heavy atom. The van der Waals surface area contributed by atoms with E-state index in [1.165, 1.54) is 10.6 Å². The van der Waals surface area contributed by atoms with Gasteiger partial charge >= 0.3 is 0 Å². The molecule has 1 aromatic carbocycles. The van der Waals surface area contributed by atoms with Crippen LogP contribution in [-0.4, -0.2) is 10.5 Å². The number of carbonyl (C=O) groups is 1. The quantitative estimate of drug-likeness (QED) is 0.843. The minimum atomic E-state index is -0.271. The summed E-state index contributed by atoms with van der Waals surface area (Å²) in [5.74, 6) is -0.271. The molecule has 104 valence electrons. The molecule has 1 amide bonds. The van der Waals surface area contributed by atoms with Gasteiger partial charge in [-0.25, -0.2) is 0 Å². The van der Waals surface area contributed by atoms with Crippen molar-refractivity contribution in [2.24, 2.45) is 0 Å². The standard InChI is InChI=1S/C14H14BrN3O2/c1-9-3-2-4-14(20)18(9)8-13(19)17-12-6-5-10(16)7-11(12)15/h2-7H,8,16H2,1H3,(H,17,19). The van der Waals surface area contributed by atoms with Gasteiger partial charge in [0, 0.05) is 21.9 Å². The van der Waals surface area contributed by atoms with Gasteiger partial charge in [-0.3, -0.25) is 9.59 Å². The highest BCUT2D eigenvalue weighted by Crippen LogP contribution is 2.24. The summed E-state index contributed by atoms with van der Waals surface area (Å²) in [6, 6.07) is 9.99. The van der Waals surface area contributed by atoms with Crippen LogP contribution in [-0.2, 0) is 11.3 Å². The summed E-state index contributed by atoms with van der Waals surface area (Å²) >= 11 is 3.33. The Morgan fingerprint density at radius 2 is 2.10 bits per heavy atom. The Bertz CT molecular complexity index is 710. The highest BCUT2D eigenvalue weighted by molar-refractivity contribution is 9.10. The molecule has 6 heteroatoms. The fourth-order valence-electron chi connectivity index (χ4n) is 1.79. The van der Waals surface area contributed by atoms with Gasteiger partial charge in [-0.1, -0.05) is 6.07 Å². The first-order valence-electron chi connectivity index (χ1n) is 5.98. The van der Waals surface area contributed by atoms with E-state index in [0.29, 0.717) is 15.8 Å². The summed E-state index contributed by atoms with van der Waals surface area (Å²) < 4.78 is 2.11. The summed E-state index contributed by atoms with van der Waals surface area (Å²) in [4.78, 5) is 23.7. The second-order valence-electron chi connectivity index (χ2n) is 4.38. The number of aromatic nitrogens is 1. The number of aryl methyl sites for hydroxylation is 1. The van der Waals surface area contributed by atoms with Gasteiger partial charge in [0.1, 0.15) is 6.54 Å². The van der Waals surface area contributed by atoms with Crippen LogP contribution in [0.15, 0.2) is 45.7 Å². The van der Waals surface area contributed by atoms with Crippen molar-refractivity contribution in [3.63, 3.8) is 0 Å². The van der Waals surface area contributed by atoms with E-state index >= 15 is 0 Å². The minimum Gasteiger partial charge on any atom is -0.399 e. The molecular weight excluding hydrogens is 322 g/mol. The van der Waals surface area contributed by atoms with Crippen LogP contribution < -0.4 is 16.6 Å². The third-order valence-corrected chi connectivity index (χ3v) is 3.49. The van der Waals surface area contributed by atoms with E-state index in [4.69, 9.17) is 5.73 Å². The molecule has 5 nitrogen and oxygen atoms in total. The zero-order valence-electron chi connectivity index (χ0n) is 10.9. The summed E-state index contributed by atoms with van der Waals surface area (Å²) in [5.41, 5.74) is 7.39. The van der Waals surface area contributed by atoms with Crippen molar-refractivity contribution in [2.45, 2.75) is 13.5 Å². The number of halogens is 1. The number of hydrogen-bond acceptors (Lipinski definition) is 3. The van der Waals surface area contributed by atoms with Crippen LogP contribution in [0.1, 0.15) is 5.69 Å². The number of carbonyl (C=O) groups excluding carboxylic acids is 1. The summed E-state index contributed by atoms with van der Waals surface area (Å²) in [5, 5.41) is 2.74. The van der Waals surface area contributed by atoms with E-state index in [2.05, 4.69) is 21.2 Å². The highest BCUT2D eigenvalue weighted by atomic mass is 79.9. The molecule has 0 radical (unpaired) electrons. The largest absolute Gasteiger partial charge is 0.399 e. The van der Waals surface area contributed by atoms with Crippen LogP contribution in [0.5, 0.6) is 0 Å². The SMILES string of the molecule is Cc1cccc(=O)n1CC(=O)Nc1ccc(N)cc1Br. The molecule has 1 heterocycles. The smallest absolute Gasteiger partial charge is 0.251 e. The third-order valence-electron chi connectivity index (χ3n) is 2.84. The summed E-state index contributed by atoms with van der Waals surface area (Å²) in [7, 11) is 0. The lowest BCUT2D eigenvalue weighted by Gasteiger charge is -2.11. The number of nitrogens with zero attached hydrogens (tertiary/aromatic N) is 1. The van der Waals surface area contributed by atoms with Gasteiger partial charge in [0.25, 0.3) is 5.56 Å². The summed E-state index contributed by atoms with van der Waals surface area (Å²) in [6.45, 7) is 1.76. The normalized spacial score (nSPS) is 10.3. The minimum absolute atomic E-state index is 0.0255. The number of nitrogen functional groups attached to an aromatic ring is 1. The van der Waals surface area contributed by atoms with Gasteiger partial charge in [-0.05, 0) is 47.1 Å². The molecule has 2 aromatic rings. The molecule has 0 saturated heterocycles. The lowest BCUT2D eigenvalue weighted by molar-refractivity contribution is -0.116. The lowest BCUT2D eigenvalue weighted by atomic mass is 10.3. The average molecular weight is 336 g/mol. The number of nitrogens with one attached hydrogen (secondary N) is 1. The number of anilines is 2. The first kappa shape index (κ1) is 14.3. The number of pyridine rings is 1. The van der Waals surface area contributed by atoms with Crippen LogP contribution >= 0.6 is 15.9 Å². The first-order chi connectivity index (χ1) is 9.47. The van der Waals surface area contributed by atoms with Crippen LogP contribution in [0, 0.1) is 6.92 Å². The van der Waals surface area contributed by atoms with Crippen molar-refractivity contribution in [3.05, 3.63) is 56.9 Å². The van der Waals surface area contributed by atoms with Crippen molar-refractivity contribution in [1.29, 1.82) is 0 Å². The monoisotopic (exact) mass is 335 g/mol. The highest BCUT2D eigenvalue weighted by Gasteiger charge is 2.08. The molecular formula is C14H14BrN3O2. The molecule has 2 rings (SSSR count). The van der Waals surface area contributed by atoms with Gasteiger partial charge in [0.05, 0.1) is 5.69 Å². The van der Waals surface area contributed by atoms with Crippen molar-refractivity contribution in [1.82, 2.24) is 4.57 Å². The molecule has 3 N–H and O–H groups in total. The fraction of sp³-hybridized carbons (Fsp3) is 0.143. The van der Waals surface area contributed by atoms with E-state index in [0.717, 1.165) is 5.69 Å². The average Bonchev–Trinajstić information content (AvgIpc) is 2.37. The van der Waals surface area contributed by atoms with Crippen LogP contribution in [0.2, 0.25) is 0 Å². The lowest BCUT2D eigenvalue weighted by Crippen LogP contribution is -2.28. The zero-order valence-corrected chi connectivity index (χ0v) is 12.5. The Morgan fingerprint density at radius 1 is 1.35 bits per heavy atom. The molecule has 0 saturated carbocycles.